The SMILES string of the molecule is CCCCNC(=O)CN(C(C)=O)c1cccc2cccnc12. The van der Waals surface area contributed by atoms with Crippen molar-refractivity contribution >= 4 is 28.4 Å². The molecule has 0 aliphatic carbocycles. The summed E-state index contributed by atoms with van der Waals surface area (Å²) in [6.45, 7) is 4.17. The van der Waals surface area contributed by atoms with Gasteiger partial charge in [-0.25, -0.2) is 0 Å². The third kappa shape index (κ3) is 3.81. The zero-order valence-corrected chi connectivity index (χ0v) is 13.0. The summed E-state index contributed by atoms with van der Waals surface area (Å²) >= 11 is 0. The van der Waals surface area contributed by atoms with Crippen LogP contribution in [0.5, 0.6) is 0 Å². The molecule has 2 rings (SSSR count). The predicted molar refractivity (Wildman–Crippen MR) is 87.7 cm³/mol. The van der Waals surface area contributed by atoms with Gasteiger partial charge in [-0.3, -0.25) is 14.6 Å². The molecule has 0 atom stereocenters. The molecule has 0 saturated heterocycles. The summed E-state index contributed by atoms with van der Waals surface area (Å²) in [6, 6.07) is 9.40. The molecule has 22 heavy (non-hydrogen) atoms. The smallest absolute Gasteiger partial charge is 0.240 e. The maximum Gasteiger partial charge on any atom is 0.240 e. The second-order valence-corrected chi connectivity index (χ2v) is 5.16. The van der Waals surface area contributed by atoms with Crippen molar-refractivity contribution in [2.45, 2.75) is 26.7 Å². The van der Waals surface area contributed by atoms with Crippen LogP contribution in [-0.2, 0) is 9.59 Å². The van der Waals surface area contributed by atoms with E-state index < -0.39 is 0 Å². The van der Waals surface area contributed by atoms with E-state index in [0.717, 1.165) is 23.7 Å². The van der Waals surface area contributed by atoms with Crippen LogP contribution >= 0.6 is 0 Å². The molecule has 116 valence electrons. The minimum Gasteiger partial charge on any atom is -0.355 e. The number of pyridine rings is 1. The Morgan fingerprint density at radius 3 is 2.73 bits per heavy atom. The van der Waals surface area contributed by atoms with Crippen molar-refractivity contribution in [2.24, 2.45) is 0 Å². The Bertz CT molecular complexity index is 665. The summed E-state index contributed by atoms with van der Waals surface area (Å²) in [6.07, 6.45) is 3.64. The predicted octanol–water partition coefficient (Wildman–Crippen LogP) is 2.50. The van der Waals surface area contributed by atoms with Crippen LogP contribution in [0.1, 0.15) is 26.7 Å². The molecule has 0 radical (unpaired) electrons. The molecule has 2 amide bonds. The molecule has 5 heteroatoms. The number of hydrogen-bond acceptors (Lipinski definition) is 3. The van der Waals surface area contributed by atoms with Crippen molar-refractivity contribution < 1.29 is 9.59 Å². The van der Waals surface area contributed by atoms with E-state index >= 15 is 0 Å². The van der Waals surface area contributed by atoms with Crippen LogP contribution in [-0.4, -0.2) is 29.9 Å². The standard InChI is InChI=1S/C17H21N3O2/c1-3-4-10-18-16(22)12-20(13(2)21)15-9-5-7-14-8-6-11-19-17(14)15/h5-9,11H,3-4,10,12H2,1-2H3,(H,18,22). The molecule has 5 nitrogen and oxygen atoms in total. The van der Waals surface area contributed by atoms with Crippen LogP contribution in [0.15, 0.2) is 36.5 Å². The first-order valence-electron chi connectivity index (χ1n) is 7.52. The number of para-hydroxylation sites is 1. The molecule has 0 bridgehead atoms. The zero-order chi connectivity index (χ0) is 15.9. The lowest BCUT2D eigenvalue weighted by Gasteiger charge is -2.21. The first kappa shape index (κ1) is 15.9. The topological polar surface area (TPSA) is 62.3 Å². The van der Waals surface area contributed by atoms with E-state index in [0.29, 0.717) is 12.2 Å². The number of nitrogens with zero attached hydrogens (tertiary/aromatic N) is 2. The fourth-order valence-electron chi connectivity index (χ4n) is 2.28. The van der Waals surface area contributed by atoms with Gasteiger partial charge in [-0.15, -0.1) is 0 Å². The summed E-state index contributed by atoms with van der Waals surface area (Å²) in [7, 11) is 0. The Morgan fingerprint density at radius 1 is 1.23 bits per heavy atom. The molecule has 0 saturated carbocycles. The first-order valence-corrected chi connectivity index (χ1v) is 7.52. The number of carbonyl (C=O) groups is 2. The molecule has 1 aromatic heterocycles. The number of hydrogen-bond donors (Lipinski definition) is 1. The summed E-state index contributed by atoms with van der Waals surface area (Å²) in [5.74, 6) is -0.333. The maximum absolute atomic E-state index is 12.0. The lowest BCUT2D eigenvalue weighted by atomic mass is 10.1. The minimum absolute atomic E-state index is 0.00867. The number of fused-ring (bicyclic) bond motifs is 1. The number of unbranched alkanes of at least 4 members (excludes halogenated alkanes) is 1. The highest BCUT2D eigenvalue weighted by atomic mass is 16.2. The molecular weight excluding hydrogens is 278 g/mol. The molecule has 0 fully saturated rings. The van der Waals surface area contributed by atoms with Gasteiger partial charge in [0, 0.05) is 25.1 Å². The van der Waals surface area contributed by atoms with Crippen molar-refractivity contribution in [1.82, 2.24) is 10.3 Å². The summed E-state index contributed by atoms with van der Waals surface area (Å²) < 4.78 is 0. The Labute approximate surface area is 130 Å². The molecule has 0 aliphatic rings. The average Bonchev–Trinajstić information content (AvgIpc) is 2.52. The Hall–Kier alpha value is -2.43. The lowest BCUT2D eigenvalue weighted by Crippen LogP contribution is -2.40. The van der Waals surface area contributed by atoms with E-state index in [-0.39, 0.29) is 18.4 Å². The van der Waals surface area contributed by atoms with Gasteiger partial charge < -0.3 is 10.2 Å². The zero-order valence-electron chi connectivity index (χ0n) is 13.0. The van der Waals surface area contributed by atoms with Gasteiger partial charge in [-0.1, -0.05) is 31.5 Å². The van der Waals surface area contributed by atoms with Crippen molar-refractivity contribution in [3.05, 3.63) is 36.5 Å². The number of amides is 2. The van der Waals surface area contributed by atoms with Gasteiger partial charge in [0.05, 0.1) is 11.2 Å². The molecule has 0 unspecified atom stereocenters. The van der Waals surface area contributed by atoms with Gasteiger partial charge in [-0.2, -0.15) is 0 Å². The lowest BCUT2D eigenvalue weighted by molar-refractivity contribution is -0.123. The van der Waals surface area contributed by atoms with E-state index in [1.54, 1.807) is 6.20 Å². The van der Waals surface area contributed by atoms with Crippen molar-refractivity contribution in [1.29, 1.82) is 0 Å². The van der Waals surface area contributed by atoms with Crippen LogP contribution < -0.4 is 10.2 Å². The minimum atomic E-state index is -0.177. The van der Waals surface area contributed by atoms with E-state index in [9.17, 15) is 9.59 Å². The van der Waals surface area contributed by atoms with Crippen LogP contribution in [0.3, 0.4) is 0 Å². The first-order chi connectivity index (χ1) is 10.6. The highest BCUT2D eigenvalue weighted by molar-refractivity contribution is 6.04. The van der Waals surface area contributed by atoms with Crippen molar-refractivity contribution in [2.75, 3.05) is 18.0 Å². The third-order valence-electron chi connectivity index (χ3n) is 3.44. The average molecular weight is 299 g/mol. The number of anilines is 1. The Kier molecular flexibility index (Phi) is 5.47. The van der Waals surface area contributed by atoms with Gasteiger partial charge in [0.15, 0.2) is 0 Å². The highest BCUT2D eigenvalue weighted by Gasteiger charge is 2.18. The largest absolute Gasteiger partial charge is 0.355 e. The molecule has 0 spiro atoms. The van der Waals surface area contributed by atoms with E-state index in [2.05, 4.69) is 17.2 Å². The number of benzene rings is 1. The number of nitrogens with one attached hydrogen (secondary N) is 1. The molecule has 0 aliphatic heterocycles. The monoisotopic (exact) mass is 299 g/mol. The molecule has 2 aromatic rings. The normalized spacial score (nSPS) is 10.5. The molecule has 1 heterocycles. The van der Waals surface area contributed by atoms with E-state index in [1.165, 1.54) is 11.8 Å². The van der Waals surface area contributed by atoms with Crippen molar-refractivity contribution in [3.8, 4) is 0 Å². The Balaban J connectivity index is 2.23. The second-order valence-electron chi connectivity index (χ2n) is 5.16. The van der Waals surface area contributed by atoms with Crippen molar-refractivity contribution in [3.63, 3.8) is 0 Å². The van der Waals surface area contributed by atoms with Crippen LogP contribution in [0.25, 0.3) is 10.9 Å². The van der Waals surface area contributed by atoms with Crippen LogP contribution in [0.4, 0.5) is 5.69 Å². The summed E-state index contributed by atoms with van der Waals surface area (Å²) in [4.78, 5) is 29.8. The third-order valence-corrected chi connectivity index (χ3v) is 3.44. The van der Waals surface area contributed by atoms with Gasteiger partial charge in [-0.05, 0) is 18.6 Å². The molecule has 1 aromatic carbocycles. The summed E-state index contributed by atoms with van der Waals surface area (Å²) in [5, 5.41) is 3.78. The number of carbonyl (C=O) groups excluding carboxylic acids is 2. The van der Waals surface area contributed by atoms with Crippen LogP contribution in [0, 0.1) is 0 Å². The number of aromatic nitrogens is 1. The highest BCUT2D eigenvalue weighted by Crippen LogP contribution is 2.24. The molecule has 1 N–H and O–H groups in total. The fraction of sp³-hybridized carbons (Fsp3) is 0.353. The quantitative estimate of drug-likeness (QED) is 0.834. The van der Waals surface area contributed by atoms with Crippen LogP contribution in [0.2, 0.25) is 0 Å². The van der Waals surface area contributed by atoms with Gasteiger partial charge >= 0.3 is 0 Å². The Morgan fingerprint density at radius 2 is 2.00 bits per heavy atom. The number of rotatable bonds is 6. The van der Waals surface area contributed by atoms with Gasteiger partial charge in [0.2, 0.25) is 11.8 Å². The van der Waals surface area contributed by atoms with E-state index in [4.69, 9.17) is 0 Å². The van der Waals surface area contributed by atoms with E-state index in [1.807, 2.05) is 30.3 Å². The summed E-state index contributed by atoms with van der Waals surface area (Å²) in [5.41, 5.74) is 1.39. The fourth-order valence-corrected chi connectivity index (χ4v) is 2.28. The van der Waals surface area contributed by atoms with Gasteiger partial charge in [0.25, 0.3) is 0 Å². The maximum atomic E-state index is 12.0. The second kappa shape index (κ2) is 7.54. The molecular formula is C17H21N3O2. The van der Waals surface area contributed by atoms with Gasteiger partial charge in [0.1, 0.15) is 6.54 Å².